The second-order valence-electron chi connectivity index (χ2n) is 2.08. The molecule has 0 aromatic rings. The van der Waals surface area contributed by atoms with Crippen molar-refractivity contribution in [3.63, 3.8) is 0 Å². The zero-order valence-electron chi connectivity index (χ0n) is 6.19. The van der Waals surface area contributed by atoms with Gasteiger partial charge in [-0.2, -0.15) is 30.7 Å². The molecule has 0 saturated heterocycles. The van der Waals surface area contributed by atoms with Crippen molar-refractivity contribution in [2.24, 2.45) is 0 Å². The van der Waals surface area contributed by atoms with Crippen LogP contribution in [0.25, 0.3) is 0 Å². The summed E-state index contributed by atoms with van der Waals surface area (Å²) >= 11 is 0. The Morgan fingerprint density at radius 1 is 0.867 bits per heavy atom. The second-order valence-corrected chi connectivity index (χ2v) is 3.07. The summed E-state index contributed by atoms with van der Waals surface area (Å²) in [5.74, 6) is -6.54. The quantitative estimate of drug-likeness (QED) is 0.428. The van der Waals surface area contributed by atoms with Crippen LogP contribution >= 0.6 is 0 Å². The van der Waals surface area contributed by atoms with E-state index in [9.17, 15) is 43.7 Å². The van der Waals surface area contributed by atoms with Crippen molar-refractivity contribution < 1.29 is 47.9 Å². The highest BCUT2D eigenvalue weighted by Gasteiger charge is 2.76. The minimum absolute atomic E-state index is 1.85. The van der Waals surface area contributed by atoms with E-state index in [4.69, 9.17) is 0 Å². The predicted molar refractivity (Wildman–Crippen MR) is 26.7 cm³/mol. The molecule has 0 aliphatic carbocycles. The fourth-order valence-corrected chi connectivity index (χ4v) is 0.866. The normalized spacial score (nSPS) is 15.5. The average Bonchev–Trinajstić information content (AvgIpc) is 1.77. The molecule has 0 rings (SSSR count). The topological polar surface area (TPSA) is 66.4 Å². The molecule has 0 amide bonds. The molecule has 0 unspecified atom stereocenters. The maximum Gasteiger partial charge on any atom is 0.459 e. The van der Waals surface area contributed by atoms with Gasteiger partial charge in [-0.15, -0.1) is 0 Å². The van der Waals surface area contributed by atoms with Crippen LogP contribution in [0.5, 0.6) is 0 Å². The summed E-state index contributed by atoms with van der Waals surface area (Å²) in [6.45, 7) is 0. The molecule has 0 N–H and O–H groups in total. The number of halogens is 7. The van der Waals surface area contributed by atoms with Gasteiger partial charge in [-0.3, -0.25) is 0 Å². The molecule has 0 radical (unpaired) electrons. The molecule has 0 bridgehead atoms. The van der Waals surface area contributed by atoms with Crippen LogP contribution in [0.3, 0.4) is 0 Å². The average molecular weight is 265 g/mol. The second kappa shape index (κ2) is 3.45. The standard InChI is InChI=1S/C3HF7O4S/c4-1(2(5,6)7,3(8,9)10)14-15(11,12)13/h(H,11,12,13)/p-1. The first-order chi connectivity index (χ1) is 6.21. The molecule has 12 heteroatoms. The van der Waals surface area contributed by atoms with Crippen molar-refractivity contribution in [1.82, 2.24) is 0 Å². The van der Waals surface area contributed by atoms with Crippen molar-refractivity contribution in [1.29, 1.82) is 0 Å². The van der Waals surface area contributed by atoms with Crippen LogP contribution in [-0.2, 0) is 14.6 Å². The Morgan fingerprint density at radius 3 is 1.20 bits per heavy atom. The van der Waals surface area contributed by atoms with Gasteiger partial charge < -0.3 is 4.55 Å². The fraction of sp³-hybridized carbons (Fsp3) is 1.00. The van der Waals surface area contributed by atoms with E-state index in [1.54, 1.807) is 0 Å². The Hall–Kier alpha value is -0.620. The fourth-order valence-electron chi connectivity index (χ4n) is 0.396. The largest absolute Gasteiger partial charge is 0.725 e. The summed E-state index contributed by atoms with van der Waals surface area (Å²) in [5.41, 5.74) is 0. The summed E-state index contributed by atoms with van der Waals surface area (Å²) < 4.78 is 112. The van der Waals surface area contributed by atoms with Gasteiger partial charge in [-0.25, -0.2) is 12.6 Å². The van der Waals surface area contributed by atoms with Crippen LogP contribution in [0.2, 0.25) is 0 Å². The lowest BCUT2D eigenvalue weighted by Gasteiger charge is -2.29. The summed E-state index contributed by atoms with van der Waals surface area (Å²) in [6.07, 6.45) is -13.5. The van der Waals surface area contributed by atoms with Gasteiger partial charge in [0.05, 0.1) is 0 Å². The summed E-state index contributed by atoms with van der Waals surface area (Å²) in [7, 11) is -6.51. The van der Waals surface area contributed by atoms with Crippen LogP contribution in [-0.4, -0.2) is 31.2 Å². The number of hydrogen-bond acceptors (Lipinski definition) is 4. The zero-order chi connectivity index (χ0) is 12.7. The molecule has 92 valence electrons. The van der Waals surface area contributed by atoms with Gasteiger partial charge in [0.25, 0.3) is 0 Å². The molecule has 15 heavy (non-hydrogen) atoms. The van der Waals surface area contributed by atoms with Crippen LogP contribution < -0.4 is 0 Å². The van der Waals surface area contributed by atoms with E-state index >= 15 is 0 Å². The van der Waals surface area contributed by atoms with Gasteiger partial charge in [0, 0.05) is 0 Å². The Bertz CT molecular complexity index is 311. The van der Waals surface area contributed by atoms with Gasteiger partial charge >= 0.3 is 18.2 Å². The maximum atomic E-state index is 12.3. The van der Waals surface area contributed by atoms with Gasteiger partial charge in [0.1, 0.15) is 0 Å². The van der Waals surface area contributed by atoms with Gasteiger partial charge in [0.2, 0.25) is 10.4 Å². The van der Waals surface area contributed by atoms with Crippen LogP contribution in [0.1, 0.15) is 0 Å². The van der Waals surface area contributed by atoms with E-state index in [0.717, 1.165) is 0 Å². The highest BCUT2D eigenvalue weighted by molar-refractivity contribution is 7.80. The van der Waals surface area contributed by atoms with Gasteiger partial charge in [-0.05, 0) is 0 Å². The Balaban J connectivity index is 5.45. The Morgan fingerprint density at radius 2 is 1.13 bits per heavy atom. The highest BCUT2D eigenvalue weighted by atomic mass is 32.3. The first kappa shape index (κ1) is 14.4. The SMILES string of the molecule is O=S(=O)([O-])OC(F)(C(F)(F)F)C(F)(F)F. The van der Waals surface area contributed by atoms with Crippen LogP contribution in [0.4, 0.5) is 30.7 Å². The lowest BCUT2D eigenvalue weighted by atomic mass is 10.3. The van der Waals surface area contributed by atoms with E-state index in [1.807, 2.05) is 4.18 Å². The Kier molecular flexibility index (Phi) is 3.31. The molecule has 0 aromatic carbocycles. The minimum Gasteiger partial charge on any atom is -0.725 e. The molecule has 0 aromatic heterocycles. The number of hydrogen-bond donors (Lipinski definition) is 0. The third-order valence-corrected chi connectivity index (χ3v) is 1.38. The molecular formula is C3F7O4S-. The van der Waals surface area contributed by atoms with E-state index in [1.165, 1.54) is 0 Å². The van der Waals surface area contributed by atoms with Crippen LogP contribution in [0.15, 0.2) is 0 Å². The third kappa shape index (κ3) is 3.17. The smallest absolute Gasteiger partial charge is 0.459 e. The lowest BCUT2D eigenvalue weighted by Crippen LogP contribution is -2.56. The van der Waals surface area contributed by atoms with Crippen molar-refractivity contribution >= 4 is 10.4 Å². The summed E-state index contributed by atoms with van der Waals surface area (Å²) in [4.78, 5) is 0. The Labute approximate surface area is 77.6 Å². The molecule has 0 heterocycles. The molecule has 0 atom stereocenters. The summed E-state index contributed by atoms with van der Waals surface area (Å²) in [6, 6.07) is 0. The van der Waals surface area contributed by atoms with Crippen molar-refractivity contribution in [2.75, 3.05) is 0 Å². The van der Waals surface area contributed by atoms with Crippen molar-refractivity contribution in [3.05, 3.63) is 0 Å². The van der Waals surface area contributed by atoms with Crippen molar-refractivity contribution in [3.8, 4) is 0 Å². The van der Waals surface area contributed by atoms with Gasteiger partial charge in [-0.1, -0.05) is 0 Å². The maximum absolute atomic E-state index is 12.3. The van der Waals surface area contributed by atoms with Crippen LogP contribution in [0, 0.1) is 0 Å². The molecular weight excluding hydrogens is 265 g/mol. The molecule has 0 aliphatic rings. The monoisotopic (exact) mass is 265 g/mol. The molecule has 4 nitrogen and oxygen atoms in total. The van der Waals surface area contributed by atoms with E-state index in [-0.39, 0.29) is 0 Å². The van der Waals surface area contributed by atoms with E-state index < -0.39 is 28.6 Å². The zero-order valence-corrected chi connectivity index (χ0v) is 7.00. The van der Waals surface area contributed by atoms with Gasteiger partial charge in [0.15, 0.2) is 0 Å². The number of alkyl halides is 7. The van der Waals surface area contributed by atoms with Crippen molar-refractivity contribution in [2.45, 2.75) is 18.2 Å². The number of rotatable bonds is 2. The molecule has 0 fully saturated rings. The predicted octanol–water partition coefficient (Wildman–Crippen LogP) is 1.25. The minimum atomic E-state index is -6.75. The van der Waals surface area contributed by atoms with E-state index in [0.29, 0.717) is 0 Å². The summed E-state index contributed by atoms with van der Waals surface area (Å²) in [5, 5.41) is 0. The van der Waals surface area contributed by atoms with E-state index in [2.05, 4.69) is 0 Å². The first-order valence-corrected chi connectivity index (χ1v) is 4.03. The molecule has 0 spiro atoms. The molecule has 0 aliphatic heterocycles. The third-order valence-electron chi connectivity index (χ3n) is 0.946. The first-order valence-electron chi connectivity index (χ1n) is 2.69. The lowest BCUT2D eigenvalue weighted by molar-refractivity contribution is -0.406. The highest BCUT2D eigenvalue weighted by Crippen LogP contribution is 2.47. The molecule has 0 saturated carbocycles.